The van der Waals surface area contributed by atoms with Crippen molar-refractivity contribution in [1.82, 2.24) is 0 Å². The lowest BCUT2D eigenvalue weighted by Crippen LogP contribution is -2.42. The van der Waals surface area contributed by atoms with Gasteiger partial charge in [0.25, 0.3) is 0 Å². The lowest BCUT2D eigenvalue weighted by atomic mass is 10.3. The zero-order valence-corrected chi connectivity index (χ0v) is 7.28. The molecule has 0 amide bonds. The minimum absolute atomic E-state index is 0.336. The number of aromatic nitrogens is 1. The summed E-state index contributed by atoms with van der Waals surface area (Å²) in [5.41, 5.74) is 1.12. The van der Waals surface area contributed by atoms with E-state index in [1.54, 1.807) is 19.3 Å². The first kappa shape index (κ1) is 8.71. The van der Waals surface area contributed by atoms with Gasteiger partial charge in [0.15, 0.2) is 12.4 Å². The summed E-state index contributed by atoms with van der Waals surface area (Å²) in [4.78, 5) is 11.1. The van der Waals surface area contributed by atoms with Crippen LogP contribution in [0, 0.1) is 6.92 Å². The summed E-state index contributed by atoms with van der Waals surface area (Å²) in [5, 5.41) is 0. The number of aryl methyl sites for hydroxylation is 1. The molecule has 12 heavy (non-hydrogen) atoms. The normalized spacial score (nSPS) is 9.50. The number of pyridine rings is 1. The molecule has 1 heterocycles. The van der Waals surface area contributed by atoms with Crippen molar-refractivity contribution in [3.63, 3.8) is 0 Å². The van der Waals surface area contributed by atoms with Crippen LogP contribution in [0.25, 0.3) is 0 Å². The van der Waals surface area contributed by atoms with E-state index in [4.69, 9.17) is 4.74 Å². The van der Waals surface area contributed by atoms with Crippen molar-refractivity contribution in [3.05, 3.63) is 30.1 Å². The molecule has 64 valence electrons. The highest BCUT2D eigenvalue weighted by atomic mass is 16.5. The number of hydrogen-bond acceptors (Lipinski definition) is 2. The van der Waals surface area contributed by atoms with Crippen LogP contribution < -0.4 is 4.57 Å². The lowest BCUT2D eigenvalue weighted by Gasteiger charge is -1.94. The second kappa shape index (κ2) is 3.85. The SMILES string of the molecule is CCOC(=O)[n+]1ccc(C)cc1. The van der Waals surface area contributed by atoms with Crippen LogP contribution in [0.4, 0.5) is 4.79 Å². The van der Waals surface area contributed by atoms with Crippen molar-refractivity contribution >= 4 is 6.09 Å². The van der Waals surface area contributed by atoms with E-state index in [1.807, 2.05) is 19.1 Å². The van der Waals surface area contributed by atoms with Crippen LogP contribution >= 0.6 is 0 Å². The van der Waals surface area contributed by atoms with Gasteiger partial charge in [-0.2, -0.15) is 4.79 Å². The summed E-state index contributed by atoms with van der Waals surface area (Å²) in [7, 11) is 0. The summed E-state index contributed by atoms with van der Waals surface area (Å²) in [6.45, 7) is 4.15. The van der Waals surface area contributed by atoms with Crippen molar-refractivity contribution in [2.45, 2.75) is 13.8 Å². The molecule has 0 saturated heterocycles. The van der Waals surface area contributed by atoms with Gasteiger partial charge in [0.2, 0.25) is 0 Å². The first-order valence-corrected chi connectivity index (χ1v) is 3.89. The quantitative estimate of drug-likeness (QED) is 0.588. The van der Waals surface area contributed by atoms with Gasteiger partial charge in [0.1, 0.15) is 0 Å². The molecule has 3 heteroatoms. The zero-order chi connectivity index (χ0) is 8.97. The van der Waals surface area contributed by atoms with Crippen LogP contribution in [0.1, 0.15) is 12.5 Å². The highest BCUT2D eigenvalue weighted by Crippen LogP contribution is 1.90. The average Bonchev–Trinajstić information content (AvgIpc) is 2.06. The van der Waals surface area contributed by atoms with Crippen LogP contribution in [0.5, 0.6) is 0 Å². The van der Waals surface area contributed by atoms with Gasteiger partial charge in [0, 0.05) is 12.1 Å². The molecule has 0 unspecified atom stereocenters. The maximum atomic E-state index is 11.1. The smallest absolute Gasteiger partial charge is 0.412 e. The molecule has 0 fully saturated rings. The van der Waals surface area contributed by atoms with Crippen molar-refractivity contribution < 1.29 is 14.1 Å². The van der Waals surface area contributed by atoms with E-state index in [2.05, 4.69) is 0 Å². The number of carbonyl (C=O) groups is 1. The molecule has 3 nitrogen and oxygen atoms in total. The number of hydrogen-bond donors (Lipinski definition) is 0. The van der Waals surface area contributed by atoms with Crippen LogP contribution in [0.2, 0.25) is 0 Å². The molecule has 0 atom stereocenters. The Morgan fingerprint density at radius 3 is 2.58 bits per heavy atom. The fourth-order valence-electron chi connectivity index (χ4n) is 0.821. The van der Waals surface area contributed by atoms with Gasteiger partial charge in [-0.05, 0) is 19.4 Å². The fourth-order valence-corrected chi connectivity index (χ4v) is 0.821. The highest BCUT2D eigenvalue weighted by molar-refractivity contribution is 5.56. The molecule has 1 aromatic rings. The summed E-state index contributed by atoms with van der Waals surface area (Å²) in [5.74, 6) is 0. The molecule has 0 aliphatic carbocycles. The number of rotatable bonds is 1. The Labute approximate surface area is 71.6 Å². The van der Waals surface area contributed by atoms with Crippen LogP contribution in [-0.4, -0.2) is 12.7 Å². The summed E-state index contributed by atoms with van der Waals surface area (Å²) >= 11 is 0. The second-order valence-electron chi connectivity index (χ2n) is 2.48. The van der Waals surface area contributed by atoms with E-state index in [0.29, 0.717) is 6.61 Å². The summed E-state index contributed by atoms with van der Waals surface area (Å²) in [6, 6.07) is 3.72. The third-order valence-electron chi connectivity index (χ3n) is 1.47. The standard InChI is InChI=1S/C9H12NO2/c1-3-12-9(11)10-6-4-8(2)5-7-10/h4-7H,3H2,1-2H3/q+1. The molecule has 1 aromatic heterocycles. The van der Waals surface area contributed by atoms with Crippen molar-refractivity contribution in [2.24, 2.45) is 0 Å². The second-order valence-corrected chi connectivity index (χ2v) is 2.48. The van der Waals surface area contributed by atoms with Crippen LogP contribution in [0.15, 0.2) is 24.5 Å². The van der Waals surface area contributed by atoms with Gasteiger partial charge in [-0.1, -0.05) is 4.57 Å². The van der Waals surface area contributed by atoms with E-state index in [-0.39, 0.29) is 6.09 Å². The average molecular weight is 166 g/mol. The van der Waals surface area contributed by atoms with Gasteiger partial charge < -0.3 is 4.74 Å². The third kappa shape index (κ3) is 2.05. The molecule has 0 radical (unpaired) electrons. The van der Waals surface area contributed by atoms with Crippen LogP contribution in [0.3, 0.4) is 0 Å². The zero-order valence-electron chi connectivity index (χ0n) is 7.28. The Balaban J connectivity index is 2.75. The first-order chi connectivity index (χ1) is 5.74. The Kier molecular flexibility index (Phi) is 2.80. The summed E-state index contributed by atoms with van der Waals surface area (Å²) in [6.07, 6.45) is 3.04. The predicted octanol–water partition coefficient (Wildman–Crippen LogP) is 1.29. The molecular weight excluding hydrogens is 154 g/mol. The van der Waals surface area contributed by atoms with E-state index in [1.165, 1.54) is 4.57 Å². The Morgan fingerprint density at radius 1 is 1.50 bits per heavy atom. The highest BCUT2D eigenvalue weighted by Gasteiger charge is 2.13. The molecule has 0 N–H and O–H groups in total. The molecular formula is C9H12NO2+. The first-order valence-electron chi connectivity index (χ1n) is 3.89. The number of ether oxygens (including phenoxy) is 1. The Bertz CT molecular complexity index is 266. The number of carbonyl (C=O) groups excluding carboxylic acids is 1. The molecule has 0 aromatic carbocycles. The third-order valence-corrected chi connectivity index (χ3v) is 1.47. The van der Waals surface area contributed by atoms with Crippen LogP contribution in [-0.2, 0) is 4.74 Å². The minimum Gasteiger partial charge on any atom is -0.412 e. The molecule has 0 aliphatic heterocycles. The van der Waals surface area contributed by atoms with Gasteiger partial charge in [-0.3, -0.25) is 0 Å². The maximum Gasteiger partial charge on any atom is 0.601 e. The topological polar surface area (TPSA) is 30.2 Å². The fraction of sp³-hybridized carbons (Fsp3) is 0.333. The van der Waals surface area contributed by atoms with Gasteiger partial charge >= 0.3 is 6.09 Å². The van der Waals surface area contributed by atoms with E-state index in [9.17, 15) is 4.79 Å². The molecule has 0 bridgehead atoms. The molecule has 1 rings (SSSR count). The van der Waals surface area contributed by atoms with E-state index >= 15 is 0 Å². The van der Waals surface area contributed by atoms with Gasteiger partial charge in [-0.15, -0.1) is 0 Å². The van der Waals surface area contributed by atoms with E-state index in [0.717, 1.165) is 5.56 Å². The van der Waals surface area contributed by atoms with E-state index < -0.39 is 0 Å². The molecule has 0 saturated carbocycles. The Hall–Kier alpha value is -1.38. The van der Waals surface area contributed by atoms with Crippen molar-refractivity contribution in [2.75, 3.05) is 6.61 Å². The van der Waals surface area contributed by atoms with Crippen molar-refractivity contribution in [1.29, 1.82) is 0 Å². The minimum atomic E-state index is -0.336. The summed E-state index contributed by atoms with van der Waals surface area (Å²) < 4.78 is 6.21. The molecule has 0 aliphatic rings. The predicted molar refractivity (Wildman–Crippen MR) is 43.8 cm³/mol. The monoisotopic (exact) mass is 166 g/mol. The maximum absolute atomic E-state index is 11.1. The van der Waals surface area contributed by atoms with Crippen molar-refractivity contribution in [3.8, 4) is 0 Å². The molecule has 0 spiro atoms. The number of nitrogens with zero attached hydrogens (tertiary/aromatic N) is 1. The van der Waals surface area contributed by atoms with Gasteiger partial charge in [0.05, 0.1) is 6.61 Å². The van der Waals surface area contributed by atoms with Gasteiger partial charge in [-0.25, -0.2) is 0 Å². The lowest BCUT2D eigenvalue weighted by molar-refractivity contribution is -0.586. The largest absolute Gasteiger partial charge is 0.601 e. The Morgan fingerprint density at radius 2 is 2.08 bits per heavy atom.